The van der Waals surface area contributed by atoms with Gasteiger partial charge >= 0.3 is 6.03 Å². The van der Waals surface area contributed by atoms with E-state index in [4.69, 9.17) is 9.47 Å². The highest BCUT2D eigenvalue weighted by Crippen LogP contribution is 2.30. The van der Waals surface area contributed by atoms with Crippen LogP contribution in [0.15, 0.2) is 24.3 Å². The van der Waals surface area contributed by atoms with Gasteiger partial charge in [-0.1, -0.05) is 12.1 Å². The monoisotopic (exact) mass is 262 g/mol. The summed E-state index contributed by atoms with van der Waals surface area (Å²) in [7, 11) is 0. The van der Waals surface area contributed by atoms with Crippen molar-refractivity contribution >= 4 is 11.7 Å². The van der Waals surface area contributed by atoms with Crippen LogP contribution in [-0.2, 0) is 4.74 Å². The van der Waals surface area contributed by atoms with E-state index in [9.17, 15) is 4.79 Å². The van der Waals surface area contributed by atoms with Gasteiger partial charge in [-0.2, -0.15) is 0 Å². The minimum absolute atomic E-state index is 0.0616. The van der Waals surface area contributed by atoms with E-state index in [2.05, 4.69) is 5.32 Å². The molecule has 1 fully saturated rings. The van der Waals surface area contributed by atoms with E-state index in [0.717, 1.165) is 30.9 Å². The Morgan fingerprint density at radius 3 is 3.05 bits per heavy atom. The Kier molecular flexibility index (Phi) is 3.55. The van der Waals surface area contributed by atoms with Crippen molar-refractivity contribution in [1.29, 1.82) is 0 Å². The number of benzene rings is 1. The number of hydrogen-bond acceptors (Lipinski definition) is 3. The average Bonchev–Trinajstić information content (AvgIpc) is 2.83. The third-order valence-electron chi connectivity index (χ3n) is 3.44. The van der Waals surface area contributed by atoms with E-state index in [-0.39, 0.29) is 12.1 Å². The van der Waals surface area contributed by atoms with Gasteiger partial charge < -0.3 is 14.8 Å². The van der Waals surface area contributed by atoms with Gasteiger partial charge in [-0.25, -0.2) is 4.79 Å². The number of hydrogen-bond donors (Lipinski definition) is 1. The maximum absolute atomic E-state index is 12.4. The molecule has 1 aromatic carbocycles. The number of amides is 2. The lowest BCUT2D eigenvalue weighted by molar-refractivity contribution is 0.189. The molecule has 1 saturated heterocycles. The zero-order valence-electron chi connectivity index (χ0n) is 10.8. The number of nitrogens with one attached hydrogen (secondary N) is 1. The smallest absolute Gasteiger partial charge is 0.322 e. The van der Waals surface area contributed by atoms with E-state index in [0.29, 0.717) is 19.8 Å². The maximum atomic E-state index is 12.4. The van der Waals surface area contributed by atoms with Crippen molar-refractivity contribution in [3.63, 3.8) is 0 Å². The number of carbonyl (C=O) groups is 1. The van der Waals surface area contributed by atoms with Crippen LogP contribution in [0, 0.1) is 0 Å². The normalized spacial score (nSPS) is 22.3. The molecule has 102 valence electrons. The van der Waals surface area contributed by atoms with Gasteiger partial charge in [0.2, 0.25) is 0 Å². The lowest BCUT2D eigenvalue weighted by atomic mass is 10.2. The number of para-hydroxylation sites is 2. The SMILES string of the molecule is O=C(NC1CCOC1)N1CCCOc2ccccc21. The molecule has 1 atom stereocenters. The third-order valence-corrected chi connectivity index (χ3v) is 3.44. The number of nitrogens with zero attached hydrogens (tertiary/aromatic N) is 1. The first-order valence-electron chi connectivity index (χ1n) is 6.72. The van der Waals surface area contributed by atoms with Crippen LogP contribution in [0.4, 0.5) is 10.5 Å². The molecule has 0 aliphatic carbocycles. The molecule has 0 saturated carbocycles. The summed E-state index contributed by atoms with van der Waals surface area (Å²) in [6, 6.07) is 7.74. The second kappa shape index (κ2) is 5.48. The van der Waals surface area contributed by atoms with Crippen molar-refractivity contribution in [1.82, 2.24) is 5.32 Å². The Bertz CT molecular complexity index is 458. The van der Waals surface area contributed by atoms with Crippen molar-refractivity contribution in [2.45, 2.75) is 18.9 Å². The highest BCUT2D eigenvalue weighted by Gasteiger charge is 2.25. The van der Waals surface area contributed by atoms with Crippen molar-refractivity contribution < 1.29 is 14.3 Å². The molecule has 0 bridgehead atoms. The molecule has 1 aromatic rings. The Balaban J connectivity index is 1.77. The summed E-state index contributed by atoms with van der Waals surface area (Å²) in [4.78, 5) is 14.1. The second-order valence-electron chi connectivity index (χ2n) is 4.83. The minimum Gasteiger partial charge on any atom is -0.491 e. The van der Waals surface area contributed by atoms with Crippen LogP contribution in [-0.4, -0.2) is 38.4 Å². The van der Waals surface area contributed by atoms with Gasteiger partial charge in [0.1, 0.15) is 5.75 Å². The number of ether oxygens (including phenoxy) is 2. The van der Waals surface area contributed by atoms with Crippen LogP contribution in [0.1, 0.15) is 12.8 Å². The lowest BCUT2D eigenvalue weighted by Crippen LogP contribution is -2.45. The molecule has 2 amide bonds. The Morgan fingerprint density at radius 1 is 1.32 bits per heavy atom. The fourth-order valence-electron chi connectivity index (χ4n) is 2.44. The zero-order chi connectivity index (χ0) is 13.1. The fraction of sp³-hybridized carbons (Fsp3) is 0.500. The zero-order valence-corrected chi connectivity index (χ0v) is 10.8. The Morgan fingerprint density at radius 2 is 2.21 bits per heavy atom. The van der Waals surface area contributed by atoms with Crippen LogP contribution < -0.4 is 15.0 Å². The van der Waals surface area contributed by atoms with E-state index in [1.165, 1.54) is 0 Å². The highest BCUT2D eigenvalue weighted by molar-refractivity contribution is 5.93. The van der Waals surface area contributed by atoms with Gasteiger partial charge in [-0.15, -0.1) is 0 Å². The first-order valence-corrected chi connectivity index (χ1v) is 6.72. The molecule has 0 aromatic heterocycles. The number of anilines is 1. The topological polar surface area (TPSA) is 50.8 Å². The van der Waals surface area contributed by atoms with Gasteiger partial charge in [0.25, 0.3) is 0 Å². The number of fused-ring (bicyclic) bond motifs is 1. The van der Waals surface area contributed by atoms with Gasteiger partial charge in [0.05, 0.1) is 24.9 Å². The van der Waals surface area contributed by atoms with Gasteiger partial charge in [0.15, 0.2) is 0 Å². The summed E-state index contributed by atoms with van der Waals surface area (Å²) >= 11 is 0. The average molecular weight is 262 g/mol. The van der Waals surface area contributed by atoms with Crippen LogP contribution in [0.2, 0.25) is 0 Å². The summed E-state index contributed by atoms with van der Waals surface area (Å²) in [5.74, 6) is 0.776. The van der Waals surface area contributed by atoms with Crippen molar-refractivity contribution in [2.24, 2.45) is 0 Å². The number of rotatable bonds is 1. The fourth-order valence-corrected chi connectivity index (χ4v) is 2.44. The van der Waals surface area contributed by atoms with Gasteiger partial charge in [-0.3, -0.25) is 4.90 Å². The van der Waals surface area contributed by atoms with Crippen molar-refractivity contribution in [3.05, 3.63) is 24.3 Å². The molecule has 2 aliphatic rings. The largest absolute Gasteiger partial charge is 0.491 e. The number of urea groups is 1. The molecule has 19 heavy (non-hydrogen) atoms. The van der Waals surface area contributed by atoms with E-state index in [1.54, 1.807) is 4.90 Å². The highest BCUT2D eigenvalue weighted by atomic mass is 16.5. The molecule has 3 rings (SSSR count). The summed E-state index contributed by atoms with van der Waals surface area (Å²) in [6.45, 7) is 2.66. The third kappa shape index (κ3) is 2.66. The number of carbonyl (C=O) groups excluding carboxylic acids is 1. The van der Waals surface area contributed by atoms with Crippen molar-refractivity contribution in [2.75, 3.05) is 31.3 Å². The molecular weight excluding hydrogens is 244 g/mol. The molecule has 1 N–H and O–H groups in total. The summed E-state index contributed by atoms with van der Waals surface area (Å²) < 4.78 is 10.9. The summed E-state index contributed by atoms with van der Waals surface area (Å²) in [5, 5.41) is 3.02. The van der Waals surface area contributed by atoms with Crippen LogP contribution in [0.25, 0.3) is 0 Å². The van der Waals surface area contributed by atoms with Crippen LogP contribution in [0.3, 0.4) is 0 Å². The lowest BCUT2D eigenvalue weighted by Gasteiger charge is -2.23. The molecule has 2 aliphatic heterocycles. The molecule has 0 radical (unpaired) electrons. The predicted molar refractivity (Wildman–Crippen MR) is 71.7 cm³/mol. The Hall–Kier alpha value is -1.75. The predicted octanol–water partition coefficient (Wildman–Crippen LogP) is 1.77. The molecule has 0 spiro atoms. The van der Waals surface area contributed by atoms with E-state index >= 15 is 0 Å². The summed E-state index contributed by atoms with van der Waals surface area (Å²) in [5.41, 5.74) is 0.844. The minimum atomic E-state index is -0.0616. The van der Waals surface area contributed by atoms with Crippen LogP contribution >= 0.6 is 0 Å². The molecule has 5 heteroatoms. The maximum Gasteiger partial charge on any atom is 0.322 e. The van der Waals surface area contributed by atoms with Crippen LogP contribution in [0.5, 0.6) is 5.75 Å². The first-order chi connectivity index (χ1) is 9.34. The van der Waals surface area contributed by atoms with E-state index in [1.807, 2.05) is 24.3 Å². The van der Waals surface area contributed by atoms with Gasteiger partial charge in [0, 0.05) is 13.2 Å². The summed E-state index contributed by atoms with van der Waals surface area (Å²) in [6.07, 6.45) is 1.72. The molecule has 1 unspecified atom stereocenters. The van der Waals surface area contributed by atoms with Crippen molar-refractivity contribution in [3.8, 4) is 5.75 Å². The molecule has 5 nitrogen and oxygen atoms in total. The standard InChI is InChI=1S/C14H18N2O3/c17-14(15-11-6-9-18-10-11)16-7-3-8-19-13-5-2-1-4-12(13)16/h1-2,4-5,11H,3,6-10H2,(H,15,17). The quantitative estimate of drug-likeness (QED) is 0.839. The molecule has 2 heterocycles. The second-order valence-corrected chi connectivity index (χ2v) is 4.83. The van der Waals surface area contributed by atoms with E-state index < -0.39 is 0 Å². The Labute approximate surface area is 112 Å². The molecular formula is C14H18N2O3. The first kappa shape index (κ1) is 12.3. The van der Waals surface area contributed by atoms with Gasteiger partial charge in [-0.05, 0) is 25.0 Å².